The van der Waals surface area contributed by atoms with Crippen LogP contribution in [0.5, 0.6) is 0 Å². The van der Waals surface area contributed by atoms with Gasteiger partial charge in [0.25, 0.3) is 0 Å². The molecule has 0 heterocycles. The van der Waals surface area contributed by atoms with E-state index >= 15 is 0 Å². The van der Waals surface area contributed by atoms with Gasteiger partial charge in [-0.2, -0.15) is 0 Å². The minimum absolute atomic E-state index is 0.719. The van der Waals surface area contributed by atoms with Gasteiger partial charge in [0.1, 0.15) is 0 Å². The van der Waals surface area contributed by atoms with Gasteiger partial charge in [0, 0.05) is 11.1 Å². The van der Waals surface area contributed by atoms with Crippen molar-refractivity contribution in [3.63, 3.8) is 0 Å². The molecule has 0 aliphatic heterocycles. The zero-order valence-electron chi connectivity index (χ0n) is 13.2. The molecule has 1 nitrogen and oxygen atoms in total. The first-order valence-corrected chi connectivity index (χ1v) is 9.07. The van der Waals surface area contributed by atoms with Crippen LogP contribution >= 0.6 is 11.6 Å². The van der Waals surface area contributed by atoms with Crippen LogP contribution in [0.2, 0.25) is 5.02 Å². The zero-order valence-corrected chi connectivity index (χ0v) is 13.9. The van der Waals surface area contributed by atoms with Crippen LogP contribution in [-0.2, 0) is 0 Å². The van der Waals surface area contributed by atoms with E-state index in [0.717, 1.165) is 28.8 Å². The van der Waals surface area contributed by atoms with Crippen molar-refractivity contribution in [3.05, 3.63) is 34.9 Å². The van der Waals surface area contributed by atoms with Crippen LogP contribution in [0.3, 0.4) is 0 Å². The Kier molecular flexibility index (Phi) is 5.24. The maximum atomic E-state index is 6.07. The van der Waals surface area contributed by atoms with E-state index in [1.54, 1.807) is 0 Å². The zero-order chi connectivity index (χ0) is 14.7. The van der Waals surface area contributed by atoms with E-state index in [0.29, 0.717) is 0 Å². The third kappa shape index (κ3) is 4.23. The number of rotatable bonds is 5. The highest BCUT2D eigenvalue weighted by Crippen LogP contribution is 2.37. The van der Waals surface area contributed by atoms with Gasteiger partial charge in [0.2, 0.25) is 0 Å². The SMILES string of the molecule is CC1CCC(CCNC2CC(c3cccc(Cl)c3)C2)CC1. The highest BCUT2D eigenvalue weighted by atomic mass is 35.5. The summed E-state index contributed by atoms with van der Waals surface area (Å²) in [6, 6.07) is 9.12. The second-order valence-electron chi connectivity index (χ2n) is 7.29. The van der Waals surface area contributed by atoms with Crippen molar-refractivity contribution < 1.29 is 0 Å². The molecule has 2 saturated carbocycles. The number of hydrogen-bond acceptors (Lipinski definition) is 1. The highest BCUT2D eigenvalue weighted by Gasteiger charge is 2.30. The number of nitrogens with one attached hydrogen (secondary N) is 1. The van der Waals surface area contributed by atoms with Gasteiger partial charge in [-0.1, -0.05) is 56.3 Å². The van der Waals surface area contributed by atoms with Gasteiger partial charge in [-0.25, -0.2) is 0 Å². The third-order valence-corrected chi connectivity index (χ3v) is 5.81. The summed E-state index contributed by atoms with van der Waals surface area (Å²) < 4.78 is 0. The largest absolute Gasteiger partial charge is 0.314 e. The molecule has 0 radical (unpaired) electrons. The fourth-order valence-corrected chi connectivity index (χ4v) is 4.13. The monoisotopic (exact) mass is 305 g/mol. The summed E-state index contributed by atoms with van der Waals surface area (Å²) in [7, 11) is 0. The van der Waals surface area contributed by atoms with E-state index in [1.807, 2.05) is 6.07 Å². The normalized spacial score (nSPS) is 32.7. The van der Waals surface area contributed by atoms with Crippen molar-refractivity contribution >= 4 is 11.6 Å². The summed E-state index contributed by atoms with van der Waals surface area (Å²) in [6.07, 6.45) is 9.75. The predicted octanol–water partition coefficient (Wildman–Crippen LogP) is 5.39. The van der Waals surface area contributed by atoms with Crippen LogP contribution in [0, 0.1) is 11.8 Å². The minimum Gasteiger partial charge on any atom is -0.314 e. The Labute approximate surface area is 134 Å². The summed E-state index contributed by atoms with van der Waals surface area (Å²) in [6.45, 7) is 3.62. The number of benzene rings is 1. The molecule has 0 atom stereocenters. The molecule has 2 heteroatoms. The van der Waals surface area contributed by atoms with E-state index < -0.39 is 0 Å². The predicted molar refractivity (Wildman–Crippen MR) is 91.0 cm³/mol. The Bertz CT molecular complexity index is 445. The molecule has 116 valence electrons. The summed E-state index contributed by atoms with van der Waals surface area (Å²) in [5.74, 6) is 2.67. The molecular formula is C19H28ClN. The fourth-order valence-electron chi connectivity index (χ4n) is 3.93. The van der Waals surface area contributed by atoms with Crippen LogP contribution in [0.15, 0.2) is 24.3 Å². The van der Waals surface area contributed by atoms with Crippen molar-refractivity contribution in [1.29, 1.82) is 0 Å². The van der Waals surface area contributed by atoms with Gasteiger partial charge in [0.05, 0.1) is 0 Å². The molecule has 2 aliphatic carbocycles. The average Bonchev–Trinajstić information content (AvgIpc) is 2.43. The van der Waals surface area contributed by atoms with E-state index in [-0.39, 0.29) is 0 Å². The molecule has 0 saturated heterocycles. The average molecular weight is 306 g/mol. The lowest BCUT2D eigenvalue weighted by Crippen LogP contribution is -2.41. The minimum atomic E-state index is 0.719. The molecule has 2 aliphatic rings. The summed E-state index contributed by atoms with van der Waals surface area (Å²) in [5.41, 5.74) is 1.42. The van der Waals surface area contributed by atoms with Crippen LogP contribution in [0.25, 0.3) is 0 Å². The summed E-state index contributed by atoms with van der Waals surface area (Å²) >= 11 is 6.07. The molecule has 0 bridgehead atoms. The second kappa shape index (κ2) is 7.15. The summed E-state index contributed by atoms with van der Waals surface area (Å²) in [5, 5.41) is 4.63. The fraction of sp³-hybridized carbons (Fsp3) is 0.684. The van der Waals surface area contributed by atoms with Crippen LogP contribution in [0.1, 0.15) is 63.4 Å². The van der Waals surface area contributed by atoms with E-state index in [1.165, 1.54) is 57.1 Å². The van der Waals surface area contributed by atoms with Crippen molar-refractivity contribution in [1.82, 2.24) is 5.32 Å². The lowest BCUT2D eigenvalue weighted by molar-refractivity contribution is 0.251. The maximum Gasteiger partial charge on any atom is 0.0408 e. The van der Waals surface area contributed by atoms with E-state index in [2.05, 4.69) is 30.4 Å². The number of halogens is 1. The van der Waals surface area contributed by atoms with Crippen molar-refractivity contribution in [2.75, 3.05) is 6.54 Å². The first-order chi connectivity index (χ1) is 10.2. The van der Waals surface area contributed by atoms with Gasteiger partial charge >= 0.3 is 0 Å². The Morgan fingerprint density at radius 3 is 2.62 bits per heavy atom. The van der Waals surface area contributed by atoms with Crippen LogP contribution in [0.4, 0.5) is 0 Å². The van der Waals surface area contributed by atoms with Crippen molar-refractivity contribution in [2.24, 2.45) is 11.8 Å². The second-order valence-corrected chi connectivity index (χ2v) is 7.73. The molecule has 1 aromatic carbocycles. The molecule has 0 aromatic heterocycles. The maximum absolute atomic E-state index is 6.07. The van der Waals surface area contributed by atoms with Gasteiger partial charge < -0.3 is 5.32 Å². The smallest absolute Gasteiger partial charge is 0.0408 e. The molecule has 1 N–H and O–H groups in total. The first kappa shape index (κ1) is 15.4. The highest BCUT2D eigenvalue weighted by molar-refractivity contribution is 6.30. The summed E-state index contributed by atoms with van der Waals surface area (Å²) in [4.78, 5) is 0. The molecule has 0 unspecified atom stereocenters. The molecule has 0 amide bonds. The number of hydrogen-bond donors (Lipinski definition) is 1. The Hall–Kier alpha value is -0.530. The lowest BCUT2D eigenvalue weighted by atomic mass is 9.75. The van der Waals surface area contributed by atoms with Crippen molar-refractivity contribution in [3.8, 4) is 0 Å². The van der Waals surface area contributed by atoms with Crippen LogP contribution in [-0.4, -0.2) is 12.6 Å². The molecule has 2 fully saturated rings. The van der Waals surface area contributed by atoms with E-state index in [4.69, 9.17) is 11.6 Å². The standard InChI is InChI=1S/C19H28ClN/c1-14-5-7-15(8-6-14)9-10-21-19-12-17(13-19)16-3-2-4-18(20)11-16/h2-4,11,14-15,17,19,21H,5-10,12-13H2,1H3. The quantitative estimate of drug-likeness (QED) is 0.769. The van der Waals surface area contributed by atoms with Crippen molar-refractivity contribution in [2.45, 2.75) is 63.8 Å². The topological polar surface area (TPSA) is 12.0 Å². The molecule has 21 heavy (non-hydrogen) atoms. The first-order valence-electron chi connectivity index (χ1n) is 8.69. The Balaban J connectivity index is 1.32. The molecule has 1 aromatic rings. The Morgan fingerprint density at radius 2 is 1.90 bits per heavy atom. The Morgan fingerprint density at radius 1 is 1.14 bits per heavy atom. The molecule has 3 rings (SSSR count). The molecule has 0 spiro atoms. The van der Waals surface area contributed by atoms with Crippen LogP contribution < -0.4 is 5.32 Å². The molecular weight excluding hydrogens is 278 g/mol. The van der Waals surface area contributed by atoms with Gasteiger partial charge in [-0.05, 0) is 61.3 Å². The third-order valence-electron chi connectivity index (χ3n) is 5.58. The van der Waals surface area contributed by atoms with Gasteiger partial charge in [-0.15, -0.1) is 0 Å². The lowest BCUT2D eigenvalue weighted by Gasteiger charge is -2.37. The van der Waals surface area contributed by atoms with Gasteiger partial charge in [0.15, 0.2) is 0 Å². The van der Waals surface area contributed by atoms with Gasteiger partial charge in [-0.3, -0.25) is 0 Å². The van der Waals surface area contributed by atoms with E-state index in [9.17, 15) is 0 Å².